The van der Waals surface area contributed by atoms with Gasteiger partial charge in [-0.2, -0.15) is 0 Å². The van der Waals surface area contributed by atoms with Crippen LogP contribution in [0.3, 0.4) is 0 Å². The molecular weight excluding hydrogens is 204 g/mol. The molecule has 0 bridgehead atoms. The molecule has 1 atom stereocenters. The standard InChI is InChI=1S/C8H16N2O5/c1-7(2-11,3-12)10-8(4-13,5-14)6(9)15/h2-3,6,10,13-15H,4-5,9H2,1H3. The first-order valence-electron chi connectivity index (χ1n) is 4.27. The van der Waals surface area contributed by atoms with Crippen LogP contribution in [0.5, 0.6) is 0 Å². The number of aldehydes is 2. The summed E-state index contributed by atoms with van der Waals surface area (Å²) >= 11 is 0. The minimum Gasteiger partial charge on any atom is -0.394 e. The maximum atomic E-state index is 10.6. The van der Waals surface area contributed by atoms with E-state index in [0.717, 1.165) is 0 Å². The highest BCUT2D eigenvalue weighted by Crippen LogP contribution is 2.11. The fourth-order valence-electron chi connectivity index (χ4n) is 1.01. The van der Waals surface area contributed by atoms with Crippen molar-refractivity contribution in [2.45, 2.75) is 24.2 Å². The summed E-state index contributed by atoms with van der Waals surface area (Å²) in [5, 5.41) is 29.5. The Balaban J connectivity index is 4.96. The van der Waals surface area contributed by atoms with Crippen LogP contribution < -0.4 is 11.1 Å². The first kappa shape index (κ1) is 14.1. The molecule has 0 fully saturated rings. The van der Waals surface area contributed by atoms with Gasteiger partial charge >= 0.3 is 0 Å². The van der Waals surface area contributed by atoms with E-state index in [9.17, 15) is 14.7 Å². The van der Waals surface area contributed by atoms with Gasteiger partial charge in [-0.25, -0.2) is 0 Å². The number of rotatable bonds is 7. The highest BCUT2D eigenvalue weighted by molar-refractivity contribution is 5.88. The fourth-order valence-corrected chi connectivity index (χ4v) is 1.01. The number of carbonyl (C=O) groups is 2. The van der Waals surface area contributed by atoms with Crippen molar-refractivity contribution < 1.29 is 24.9 Å². The summed E-state index contributed by atoms with van der Waals surface area (Å²) in [6.07, 6.45) is -1.03. The highest BCUT2D eigenvalue weighted by Gasteiger charge is 2.41. The van der Waals surface area contributed by atoms with Crippen LogP contribution in [-0.4, -0.2) is 58.4 Å². The summed E-state index contributed by atoms with van der Waals surface area (Å²) < 4.78 is 0. The zero-order valence-corrected chi connectivity index (χ0v) is 8.38. The van der Waals surface area contributed by atoms with Crippen molar-refractivity contribution in [1.29, 1.82) is 0 Å². The van der Waals surface area contributed by atoms with E-state index < -0.39 is 30.5 Å². The molecule has 0 radical (unpaired) electrons. The molecule has 0 aliphatic heterocycles. The molecule has 15 heavy (non-hydrogen) atoms. The van der Waals surface area contributed by atoms with Gasteiger partial charge in [0.25, 0.3) is 0 Å². The minimum atomic E-state index is -1.70. The van der Waals surface area contributed by atoms with Crippen molar-refractivity contribution in [3.05, 3.63) is 0 Å². The Labute approximate surface area is 86.9 Å². The van der Waals surface area contributed by atoms with Gasteiger partial charge in [-0.05, 0) is 6.92 Å². The molecular formula is C8H16N2O5. The first-order chi connectivity index (χ1) is 6.89. The third kappa shape index (κ3) is 3.05. The summed E-state index contributed by atoms with van der Waals surface area (Å²) in [5.74, 6) is 0. The van der Waals surface area contributed by atoms with Crippen molar-refractivity contribution in [3.8, 4) is 0 Å². The molecule has 7 heteroatoms. The molecule has 0 aliphatic rings. The molecule has 1 unspecified atom stereocenters. The number of carbonyl (C=O) groups excluding carboxylic acids is 2. The van der Waals surface area contributed by atoms with E-state index in [2.05, 4.69) is 5.32 Å². The molecule has 0 aromatic carbocycles. The van der Waals surface area contributed by atoms with E-state index >= 15 is 0 Å². The molecule has 0 aromatic rings. The van der Waals surface area contributed by atoms with Gasteiger partial charge in [0.2, 0.25) is 0 Å². The van der Waals surface area contributed by atoms with Gasteiger partial charge in [-0.1, -0.05) is 0 Å². The quantitative estimate of drug-likeness (QED) is 0.173. The maximum absolute atomic E-state index is 10.6. The largest absolute Gasteiger partial charge is 0.394 e. The third-order valence-electron chi connectivity index (χ3n) is 2.14. The summed E-state index contributed by atoms with van der Waals surface area (Å²) in [5.41, 5.74) is 1.83. The van der Waals surface area contributed by atoms with Crippen molar-refractivity contribution >= 4 is 12.6 Å². The smallest absolute Gasteiger partial charge is 0.147 e. The number of aliphatic hydroxyl groups excluding tert-OH is 3. The average Bonchev–Trinajstić information content (AvgIpc) is 2.25. The van der Waals surface area contributed by atoms with E-state index in [4.69, 9.17) is 15.9 Å². The van der Waals surface area contributed by atoms with Gasteiger partial charge in [-0.3, -0.25) is 5.32 Å². The summed E-state index contributed by atoms with van der Waals surface area (Å²) in [6.45, 7) is -0.216. The summed E-state index contributed by atoms with van der Waals surface area (Å²) in [7, 11) is 0. The number of hydrogen-bond donors (Lipinski definition) is 5. The number of aliphatic hydroxyl groups is 3. The molecule has 0 spiro atoms. The molecule has 0 amide bonds. The van der Waals surface area contributed by atoms with Crippen LogP contribution >= 0.6 is 0 Å². The molecule has 0 saturated carbocycles. The second-order valence-electron chi connectivity index (χ2n) is 3.56. The van der Waals surface area contributed by atoms with Crippen LogP contribution in [-0.2, 0) is 9.59 Å². The Morgan fingerprint density at radius 1 is 1.33 bits per heavy atom. The Kier molecular flexibility index (Phi) is 4.98. The Morgan fingerprint density at radius 3 is 1.93 bits per heavy atom. The monoisotopic (exact) mass is 220 g/mol. The molecule has 0 aromatic heterocycles. The van der Waals surface area contributed by atoms with Gasteiger partial charge in [0.1, 0.15) is 29.9 Å². The lowest BCUT2D eigenvalue weighted by Gasteiger charge is -2.38. The number of nitrogens with one attached hydrogen (secondary N) is 1. The zero-order chi connectivity index (χ0) is 12.1. The number of nitrogens with two attached hydrogens (primary N) is 1. The molecule has 0 heterocycles. The second-order valence-corrected chi connectivity index (χ2v) is 3.56. The van der Waals surface area contributed by atoms with Crippen molar-refractivity contribution in [2.24, 2.45) is 5.73 Å². The molecule has 88 valence electrons. The Hall–Kier alpha value is -0.860. The van der Waals surface area contributed by atoms with Gasteiger partial charge in [0.15, 0.2) is 0 Å². The third-order valence-corrected chi connectivity index (χ3v) is 2.14. The predicted molar refractivity (Wildman–Crippen MR) is 50.8 cm³/mol. The van der Waals surface area contributed by atoms with Crippen LogP contribution in [0.15, 0.2) is 0 Å². The molecule has 0 aliphatic carbocycles. The molecule has 6 N–H and O–H groups in total. The SMILES string of the molecule is CC(C=O)(C=O)NC(CO)(CO)C(N)O. The van der Waals surface area contributed by atoms with Crippen LogP contribution in [0.25, 0.3) is 0 Å². The zero-order valence-electron chi connectivity index (χ0n) is 8.38. The Bertz CT molecular complexity index is 219. The fraction of sp³-hybridized carbons (Fsp3) is 0.750. The van der Waals surface area contributed by atoms with Crippen LogP contribution in [0.2, 0.25) is 0 Å². The summed E-state index contributed by atoms with van der Waals surface area (Å²) in [4.78, 5) is 21.2. The van der Waals surface area contributed by atoms with Crippen molar-refractivity contribution in [1.82, 2.24) is 5.32 Å². The van der Waals surface area contributed by atoms with Gasteiger partial charge in [-0.15, -0.1) is 0 Å². The average molecular weight is 220 g/mol. The normalized spacial score (nSPS) is 14.7. The van der Waals surface area contributed by atoms with Crippen molar-refractivity contribution in [2.75, 3.05) is 13.2 Å². The van der Waals surface area contributed by atoms with E-state index in [1.807, 2.05) is 0 Å². The van der Waals surface area contributed by atoms with E-state index in [0.29, 0.717) is 12.6 Å². The topological polar surface area (TPSA) is 133 Å². The lowest BCUT2D eigenvalue weighted by atomic mass is 9.94. The molecule has 0 rings (SSSR count). The van der Waals surface area contributed by atoms with Gasteiger partial charge in [0, 0.05) is 0 Å². The molecule has 7 nitrogen and oxygen atoms in total. The van der Waals surface area contributed by atoms with Crippen molar-refractivity contribution in [3.63, 3.8) is 0 Å². The van der Waals surface area contributed by atoms with Crippen LogP contribution in [0, 0.1) is 0 Å². The minimum absolute atomic E-state index is 0.294. The number of hydrogen-bond acceptors (Lipinski definition) is 7. The van der Waals surface area contributed by atoms with E-state index in [1.165, 1.54) is 6.92 Å². The highest BCUT2D eigenvalue weighted by atomic mass is 16.3. The second kappa shape index (κ2) is 5.29. The van der Waals surface area contributed by atoms with E-state index in [-0.39, 0.29) is 0 Å². The lowest BCUT2D eigenvalue weighted by Crippen LogP contribution is -2.69. The maximum Gasteiger partial charge on any atom is 0.147 e. The predicted octanol–water partition coefficient (Wildman–Crippen LogP) is -3.27. The van der Waals surface area contributed by atoms with E-state index in [1.54, 1.807) is 0 Å². The lowest BCUT2D eigenvalue weighted by molar-refractivity contribution is -0.125. The van der Waals surface area contributed by atoms with Gasteiger partial charge < -0.3 is 30.6 Å². The van der Waals surface area contributed by atoms with Crippen LogP contribution in [0.1, 0.15) is 6.92 Å². The first-order valence-corrected chi connectivity index (χ1v) is 4.27. The molecule has 0 saturated heterocycles. The van der Waals surface area contributed by atoms with Crippen LogP contribution in [0.4, 0.5) is 0 Å². The Morgan fingerprint density at radius 2 is 1.73 bits per heavy atom. The summed E-state index contributed by atoms with van der Waals surface area (Å²) in [6, 6.07) is 0. The van der Waals surface area contributed by atoms with Gasteiger partial charge in [0.05, 0.1) is 13.2 Å².